The highest BCUT2D eigenvalue weighted by atomic mass is 32.2. The molecule has 2 N–H and O–H groups in total. The number of nitrogens with one attached hydrogen (secondary N) is 2. The Labute approximate surface area is 160 Å². The molecule has 0 aromatic heterocycles. The third-order valence-electron chi connectivity index (χ3n) is 3.27. The monoisotopic (exact) mass is 414 g/mol. The fraction of sp³-hybridized carbons (Fsp3) is 0.167. The maximum atomic E-state index is 12.1. The minimum absolute atomic E-state index is 0.136. The van der Waals surface area contributed by atoms with E-state index in [0.717, 1.165) is 17.5 Å². The van der Waals surface area contributed by atoms with Gasteiger partial charge in [-0.15, -0.1) is 13.2 Å². The number of amides is 1. The predicted octanol–water partition coefficient (Wildman–Crippen LogP) is 3.50. The molecule has 0 atom stereocenters. The van der Waals surface area contributed by atoms with Crippen molar-refractivity contribution in [1.29, 1.82) is 0 Å². The van der Waals surface area contributed by atoms with Gasteiger partial charge in [0.1, 0.15) is 5.75 Å². The Balaban J connectivity index is 1.78. The smallest absolute Gasteiger partial charge is 0.406 e. The lowest BCUT2D eigenvalue weighted by molar-refractivity contribution is -0.274. The molecule has 1 amide bonds. The van der Waals surface area contributed by atoms with Gasteiger partial charge in [0, 0.05) is 24.1 Å². The van der Waals surface area contributed by atoms with Gasteiger partial charge in [0.15, 0.2) is 0 Å². The molecule has 2 aromatic carbocycles. The Hall–Kier alpha value is -2.85. The molecule has 0 unspecified atom stereocenters. The standard InChI is InChI=1S/C18H17F3N2O4S/c19-18(20,21)27-16-8-6-15(7-9-16)23-17(24)10-12-22-28(25,26)13-11-14-4-2-1-3-5-14/h1-9,11,13,22H,10,12H2,(H,23,24)/b13-11+. The average Bonchev–Trinajstić information content (AvgIpc) is 2.61. The molecular weight excluding hydrogens is 397 g/mol. The van der Waals surface area contributed by atoms with Crippen LogP contribution in [0.3, 0.4) is 0 Å². The molecular formula is C18H17F3N2O4S. The van der Waals surface area contributed by atoms with E-state index in [1.54, 1.807) is 30.3 Å². The number of carbonyl (C=O) groups is 1. The molecule has 10 heteroatoms. The van der Waals surface area contributed by atoms with Gasteiger partial charge >= 0.3 is 6.36 Å². The van der Waals surface area contributed by atoms with Gasteiger partial charge in [-0.1, -0.05) is 30.3 Å². The van der Waals surface area contributed by atoms with Crippen LogP contribution in [0.15, 0.2) is 60.0 Å². The van der Waals surface area contributed by atoms with Crippen LogP contribution < -0.4 is 14.8 Å². The summed E-state index contributed by atoms with van der Waals surface area (Å²) >= 11 is 0. The number of rotatable bonds is 8. The van der Waals surface area contributed by atoms with Crippen LogP contribution in [0.4, 0.5) is 18.9 Å². The molecule has 2 aromatic rings. The summed E-state index contributed by atoms with van der Waals surface area (Å²) in [6, 6.07) is 13.4. The van der Waals surface area contributed by atoms with E-state index in [1.165, 1.54) is 18.2 Å². The Kier molecular flexibility index (Phi) is 7.18. The van der Waals surface area contributed by atoms with E-state index in [1.807, 2.05) is 0 Å². The zero-order valence-electron chi connectivity index (χ0n) is 14.4. The van der Waals surface area contributed by atoms with Gasteiger partial charge in [0.25, 0.3) is 0 Å². The van der Waals surface area contributed by atoms with Gasteiger partial charge in [0.05, 0.1) is 0 Å². The number of carbonyl (C=O) groups excluding carboxylic acids is 1. The SMILES string of the molecule is O=C(CCNS(=O)(=O)/C=C/c1ccccc1)Nc1ccc(OC(F)(F)F)cc1. The normalized spacial score (nSPS) is 12.1. The summed E-state index contributed by atoms with van der Waals surface area (Å²) in [5, 5.41) is 3.45. The van der Waals surface area contributed by atoms with Crippen molar-refractivity contribution >= 4 is 27.7 Å². The van der Waals surface area contributed by atoms with Crippen molar-refractivity contribution in [1.82, 2.24) is 4.72 Å². The molecule has 0 heterocycles. The van der Waals surface area contributed by atoms with E-state index in [4.69, 9.17) is 0 Å². The Morgan fingerprint density at radius 1 is 1.04 bits per heavy atom. The van der Waals surface area contributed by atoms with E-state index in [2.05, 4.69) is 14.8 Å². The van der Waals surface area contributed by atoms with E-state index in [9.17, 15) is 26.4 Å². The fourth-order valence-electron chi connectivity index (χ4n) is 2.05. The highest BCUT2D eigenvalue weighted by molar-refractivity contribution is 7.92. The number of benzene rings is 2. The lowest BCUT2D eigenvalue weighted by atomic mass is 10.2. The van der Waals surface area contributed by atoms with Crippen LogP contribution >= 0.6 is 0 Å². The van der Waals surface area contributed by atoms with Crippen molar-refractivity contribution in [2.75, 3.05) is 11.9 Å². The van der Waals surface area contributed by atoms with E-state index in [-0.39, 0.29) is 18.7 Å². The number of ether oxygens (including phenoxy) is 1. The first kappa shape index (κ1) is 21.5. The number of hydrogen-bond donors (Lipinski definition) is 2. The molecule has 150 valence electrons. The summed E-state index contributed by atoms with van der Waals surface area (Å²) in [6.07, 6.45) is -3.52. The molecule has 0 spiro atoms. The molecule has 0 aliphatic heterocycles. The van der Waals surface area contributed by atoms with Crippen molar-refractivity contribution in [3.05, 3.63) is 65.6 Å². The van der Waals surface area contributed by atoms with Crippen LogP contribution in [0.1, 0.15) is 12.0 Å². The number of alkyl halides is 3. The molecule has 0 saturated carbocycles. The van der Waals surface area contributed by atoms with Crippen molar-refractivity contribution in [3.8, 4) is 5.75 Å². The lowest BCUT2D eigenvalue weighted by Crippen LogP contribution is -2.26. The highest BCUT2D eigenvalue weighted by Crippen LogP contribution is 2.23. The maximum absolute atomic E-state index is 12.1. The second kappa shape index (κ2) is 9.38. The average molecular weight is 414 g/mol. The second-order valence-corrected chi connectivity index (χ2v) is 7.17. The van der Waals surface area contributed by atoms with Gasteiger partial charge in [-0.05, 0) is 35.9 Å². The van der Waals surface area contributed by atoms with Crippen LogP contribution in [0.25, 0.3) is 6.08 Å². The molecule has 0 bridgehead atoms. The highest BCUT2D eigenvalue weighted by Gasteiger charge is 2.30. The zero-order valence-corrected chi connectivity index (χ0v) is 15.3. The van der Waals surface area contributed by atoms with E-state index >= 15 is 0 Å². The van der Waals surface area contributed by atoms with Crippen molar-refractivity contribution in [2.45, 2.75) is 12.8 Å². The molecule has 0 saturated heterocycles. The molecule has 0 aliphatic carbocycles. The van der Waals surface area contributed by atoms with Gasteiger partial charge in [-0.2, -0.15) is 0 Å². The molecule has 0 radical (unpaired) electrons. The number of halogens is 3. The molecule has 28 heavy (non-hydrogen) atoms. The zero-order chi connectivity index (χ0) is 20.6. The third kappa shape index (κ3) is 8.23. The van der Waals surface area contributed by atoms with Crippen LogP contribution in [-0.2, 0) is 14.8 Å². The summed E-state index contributed by atoms with van der Waals surface area (Å²) in [5.41, 5.74) is 0.968. The summed E-state index contributed by atoms with van der Waals surface area (Å²) in [7, 11) is -3.70. The molecule has 2 rings (SSSR count). The third-order valence-corrected chi connectivity index (χ3v) is 4.37. The minimum Gasteiger partial charge on any atom is -0.406 e. The minimum atomic E-state index is -4.79. The largest absolute Gasteiger partial charge is 0.573 e. The first-order valence-corrected chi connectivity index (χ1v) is 9.56. The Morgan fingerprint density at radius 2 is 1.68 bits per heavy atom. The fourth-order valence-corrected chi connectivity index (χ4v) is 2.87. The van der Waals surface area contributed by atoms with Crippen molar-refractivity contribution in [3.63, 3.8) is 0 Å². The molecule has 6 nitrogen and oxygen atoms in total. The first-order valence-electron chi connectivity index (χ1n) is 8.01. The number of anilines is 1. The van der Waals surface area contributed by atoms with Crippen LogP contribution in [0.2, 0.25) is 0 Å². The van der Waals surface area contributed by atoms with Crippen molar-refractivity contribution in [2.24, 2.45) is 0 Å². The molecule has 0 fully saturated rings. The van der Waals surface area contributed by atoms with Crippen molar-refractivity contribution < 1.29 is 31.1 Å². The lowest BCUT2D eigenvalue weighted by Gasteiger charge is -2.10. The van der Waals surface area contributed by atoms with E-state index < -0.39 is 28.0 Å². The molecule has 0 aliphatic rings. The Morgan fingerprint density at radius 3 is 2.29 bits per heavy atom. The van der Waals surface area contributed by atoms with Crippen LogP contribution in [0.5, 0.6) is 5.75 Å². The van der Waals surface area contributed by atoms with Gasteiger partial charge in [-0.3, -0.25) is 4.79 Å². The van der Waals surface area contributed by atoms with Gasteiger partial charge in [0.2, 0.25) is 15.9 Å². The van der Waals surface area contributed by atoms with Crippen LogP contribution in [0, 0.1) is 0 Å². The van der Waals surface area contributed by atoms with E-state index in [0.29, 0.717) is 5.56 Å². The summed E-state index contributed by atoms with van der Waals surface area (Å²) in [6.45, 7) is -0.136. The number of sulfonamides is 1. The van der Waals surface area contributed by atoms with Gasteiger partial charge < -0.3 is 10.1 Å². The number of hydrogen-bond acceptors (Lipinski definition) is 4. The van der Waals surface area contributed by atoms with Crippen LogP contribution in [-0.4, -0.2) is 27.2 Å². The summed E-state index contributed by atoms with van der Waals surface area (Å²) in [4.78, 5) is 11.8. The second-order valence-electron chi connectivity index (χ2n) is 5.52. The predicted molar refractivity (Wildman–Crippen MR) is 98.8 cm³/mol. The Bertz CT molecular complexity index is 912. The topological polar surface area (TPSA) is 84.5 Å². The van der Waals surface area contributed by atoms with Gasteiger partial charge in [-0.25, -0.2) is 13.1 Å². The summed E-state index contributed by atoms with van der Waals surface area (Å²) in [5.74, 6) is -0.914. The summed E-state index contributed by atoms with van der Waals surface area (Å²) < 4.78 is 66.0. The first-order chi connectivity index (χ1) is 13.1. The quantitative estimate of drug-likeness (QED) is 0.693. The maximum Gasteiger partial charge on any atom is 0.573 e.